The van der Waals surface area contributed by atoms with Crippen molar-refractivity contribution in [3.8, 4) is 0 Å². The van der Waals surface area contributed by atoms with Crippen LogP contribution in [0.4, 0.5) is 0 Å². The SMILES string of the molecule is COCc1ccc(C2CCCN2C(=O)C2CC2C(=O)O)o1. The Morgan fingerprint density at radius 1 is 1.43 bits per heavy atom. The maximum Gasteiger partial charge on any atom is 0.307 e. The molecule has 0 radical (unpaired) electrons. The third-order valence-electron chi connectivity index (χ3n) is 4.26. The zero-order valence-corrected chi connectivity index (χ0v) is 11.9. The zero-order chi connectivity index (χ0) is 15.0. The molecule has 1 saturated heterocycles. The molecule has 114 valence electrons. The predicted octanol–water partition coefficient (Wildman–Crippen LogP) is 1.81. The third kappa shape index (κ3) is 2.68. The number of rotatable bonds is 5. The molecule has 0 spiro atoms. The van der Waals surface area contributed by atoms with E-state index in [0.717, 1.165) is 24.4 Å². The number of amides is 1. The van der Waals surface area contributed by atoms with Gasteiger partial charge in [0.1, 0.15) is 18.1 Å². The van der Waals surface area contributed by atoms with Gasteiger partial charge in [0, 0.05) is 13.7 Å². The summed E-state index contributed by atoms with van der Waals surface area (Å²) in [4.78, 5) is 25.1. The number of carbonyl (C=O) groups is 2. The van der Waals surface area contributed by atoms with Crippen LogP contribution in [-0.4, -0.2) is 35.5 Å². The fourth-order valence-corrected chi connectivity index (χ4v) is 3.07. The Morgan fingerprint density at radius 3 is 2.90 bits per heavy atom. The van der Waals surface area contributed by atoms with Gasteiger partial charge in [-0.05, 0) is 31.4 Å². The average Bonchev–Trinajstić information content (AvgIpc) is 2.89. The molecule has 3 unspecified atom stereocenters. The number of aliphatic carboxylic acids is 1. The van der Waals surface area contributed by atoms with Crippen LogP contribution in [-0.2, 0) is 20.9 Å². The van der Waals surface area contributed by atoms with E-state index in [9.17, 15) is 9.59 Å². The first kappa shape index (κ1) is 14.1. The number of methoxy groups -OCH3 is 1. The predicted molar refractivity (Wildman–Crippen MR) is 72.3 cm³/mol. The van der Waals surface area contributed by atoms with Crippen LogP contribution in [0.2, 0.25) is 0 Å². The first-order valence-corrected chi connectivity index (χ1v) is 7.22. The molecule has 1 saturated carbocycles. The Morgan fingerprint density at radius 2 is 2.24 bits per heavy atom. The molecule has 6 nitrogen and oxygen atoms in total. The van der Waals surface area contributed by atoms with Crippen LogP contribution in [0.25, 0.3) is 0 Å². The number of hydrogen-bond acceptors (Lipinski definition) is 4. The highest BCUT2D eigenvalue weighted by Gasteiger charge is 2.51. The van der Waals surface area contributed by atoms with Gasteiger partial charge in [-0.2, -0.15) is 0 Å². The standard InChI is InChI=1S/C15H19NO5/c1-20-8-9-4-5-13(21-9)12-3-2-6-16(12)14(17)10-7-11(10)15(18)19/h4-5,10-12H,2-3,6-8H2,1H3,(H,18,19). The molecule has 1 aromatic rings. The molecule has 6 heteroatoms. The summed E-state index contributed by atoms with van der Waals surface area (Å²) in [6.45, 7) is 1.08. The van der Waals surface area contributed by atoms with Crippen molar-refractivity contribution >= 4 is 11.9 Å². The minimum Gasteiger partial charge on any atom is -0.481 e. The van der Waals surface area contributed by atoms with E-state index in [-0.39, 0.29) is 17.9 Å². The molecule has 3 atom stereocenters. The minimum atomic E-state index is -0.871. The molecule has 1 aliphatic carbocycles. The van der Waals surface area contributed by atoms with Gasteiger partial charge in [-0.25, -0.2) is 0 Å². The third-order valence-corrected chi connectivity index (χ3v) is 4.26. The van der Waals surface area contributed by atoms with Gasteiger partial charge in [0.2, 0.25) is 5.91 Å². The van der Waals surface area contributed by atoms with Crippen molar-refractivity contribution in [2.75, 3.05) is 13.7 Å². The van der Waals surface area contributed by atoms with E-state index >= 15 is 0 Å². The minimum absolute atomic E-state index is 0.0467. The average molecular weight is 293 g/mol. The molecule has 21 heavy (non-hydrogen) atoms. The molecule has 2 heterocycles. The van der Waals surface area contributed by atoms with E-state index in [1.807, 2.05) is 12.1 Å². The second-order valence-electron chi connectivity index (χ2n) is 5.71. The lowest BCUT2D eigenvalue weighted by Crippen LogP contribution is -2.32. The summed E-state index contributed by atoms with van der Waals surface area (Å²) >= 11 is 0. The Hall–Kier alpha value is -1.82. The fourth-order valence-electron chi connectivity index (χ4n) is 3.07. The highest BCUT2D eigenvalue weighted by Crippen LogP contribution is 2.43. The van der Waals surface area contributed by atoms with E-state index in [2.05, 4.69) is 0 Å². The zero-order valence-electron chi connectivity index (χ0n) is 11.9. The Balaban J connectivity index is 1.70. The topological polar surface area (TPSA) is 80.0 Å². The number of carbonyl (C=O) groups excluding carboxylic acids is 1. The van der Waals surface area contributed by atoms with Gasteiger partial charge >= 0.3 is 5.97 Å². The van der Waals surface area contributed by atoms with E-state index < -0.39 is 11.9 Å². The summed E-state index contributed by atoms with van der Waals surface area (Å²) in [6, 6.07) is 3.67. The molecule has 2 fully saturated rings. The van der Waals surface area contributed by atoms with Crippen LogP contribution in [0.1, 0.15) is 36.8 Å². The van der Waals surface area contributed by atoms with Gasteiger partial charge in [0.25, 0.3) is 0 Å². The molecular weight excluding hydrogens is 274 g/mol. The number of nitrogens with zero attached hydrogens (tertiary/aromatic N) is 1. The largest absolute Gasteiger partial charge is 0.481 e. The van der Waals surface area contributed by atoms with Crippen molar-refractivity contribution < 1.29 is 23.8 Å². The number of likely N-dealkylation sites (tertiary alicyclic amines) is 1. The quantitative estimate of drug-likeness (QED) is 0.895. The lowest BCUT2D eigenvalue weighted by Gasteiger charge is -2.23. The lowest BCUT2D eigenvalue weighted by atomic mass is 10.1. The number of ether oxygens (including phenoxy) is 1. The highest BCUT2D eigenvalue weighted by atomic mass is 16.5. The summed E-state index contributed by atoms with van der Waals surface area (Å²) in [7, 11) is 1.60. The van der Waals surface area contributed by atoms with Gasteiger partial charge in [0.05, 0.1) is 17.9 Å². The lowest BCUT2D eigenvalue weighted by molar-refractivity contribution is -0.142. The molecule has 1 aromatic heterocycles. The fraction of sp³-hybridized carbons (Fsp3) is 0.600. The second-order valence-corrected chi connectivity index (χ2v) is 5.71. The molecule has 1 amide bonds. The maximum atomic E-state index is 12.4. The highest BCUT2D eigenvalue weighted by molar-refractivity contribution is 5.89. The van der Waals surface area contributed by atoms with Crippen LogP contribution >= 0.6 is 0 Å². The first-order valence-electron chi connectivity index (χ1n) is 7.22. The van der Waals surface area contributed by atoms with Crippen molar-refractivity contribution in [3.63, 3.8) is 0 Å². The summed E-state index contributed by atoms with van der Waals surface area (Å²) in [6.07, 6.45) is 2.24. The maximum absolute atomic E-state index is 12.4. The van der Waals surface area contributed by atoms with Crippen molar-refractivity contribution in [1.82, 2.24) is 4.90 Å². The van der Waals surface area contributed by atoms with Gasteiger partial charge in [-0.15, -0.1) is 0 Å². The van der Waals surface area contributed by atoms with E-state index in [4.69, 9.17) is 14.3 Å². The molecular formula is C15H19NO5. The van der Waals surface area contributed by atoms with Crippen LogP contribution in [0, 0.1) is 11.8 Å². The van der Waals surface area contributed by atoms with Crippen LogP contribution in [0.3, 0.4) is 0 Å². The Labute approximate surface area is 122 Å². The molecule has 1 N–H and O–H groups in total. The first-order chi connectivity index (χ1) is 10.1. The van der Waals surface area contributed by atoms with Crippen molar-refractivity contribution in [3.05, 3.63) is 23.7 Å². The smallest absolute Gasteiger partial charge is 0.307 e. The van der Waals surface area contributed by atoms with E-state index in [1.54, 1.807) is 12.0 Å². The number of carboxylic acid groups (broad SMARTS) is 1. The Bertz CT molecular complexity index is 552. The molecule has 1 aliphatic heterocycles. The Kier molecular flexibility index (Phi) is 3.71. The number of furan rings is 1. The molecule has 0 bridgehead atoms. The number of hydrogen-bond donors (Lipinski definition) is 1. The second kappa shape index (κ2) is 5.52. The number of carboxylic acids is 1. The molecule has 3 rings (SSSR count). The van der Waals surface area contributed by atoms with Crippen LogP contribution < -0.4 is 0 Å². The summed E-state index contributed by atoms with van der Waals surface area (Å²) in [5.74, 6) is -0.267. The molecule has 0 aromatic carbocycles. The monoisotopic (exact) mass is 293 g/mol. The van der Waals surface area contributed by atoms with Gasteiger partial charge < -0.3 is 19.2 Å². The van der Waals surface area contributed by atoms with Crippen molar-refractivity contribution in [2.45, 2.75) is 31.9 Å². The van der Waals surface area contributed by atoms with Crippen molar-refractivity contribution in [2.24, 2.45) is 11.8 Å². The van der Waals surface area contributed by atoms with Gasteiger partial charge in [-0.3, -0.25) is 9.59 Å². The van der Waals surface area contributed by atoms with Crippen molar-refractivity contribution in [1.29, 1.82) is 0 Å². The van der Waals surface area contributed by atoms with Gasteiger partial charge in [-0.1, -0.05) is 0 Å². The molecule has 2 aliphatic rings. The van der Waals surface area contributed by atoms with E-state index in [1.165, 1.54) is 0 Å². The van der Waals surface area contributed by atoms with Gasteiger partial charge in [0.15, 0.2) is 0 Å². The van der Waals surface area contributed by atoms with Crippen LogP contribution in [0.5, 0.6) is 0 Å². The van der Waals surface area contributed by atoms with E-state index in [0.29, 0.717) is 19.6 Å². The normalized spacial score (nSPS) is 27.9. The van der Waals surface area contributed by atoms with Crippen LogP contribution in [0.15, 0.2) is 16.5 Å². The summed E-state index contributed by atoms with van der Waals surface area (Å²) < 4.78 is 10.8. The summed E-state index contributed by atoms with van der Waals surface area (Å²) in [5.41, 5.74) is 0. The summed E-state index contributed by atoms with van der Waals surface area (Å²) in [5, 5.41) is 8.96.